The second-order valence-electron chi connectivity index (χ2n) is 16.7. The van der Waals surface area contributed by atoms with Crippen LogP contribution in [-0.2, 0) is 28.6 Å². The van der Waals surface area contributed by atoms with Crippen LogP contribution in [0.2, 0.25) is 0 Å². The number of hydrogen-bond acceptors (Lipinski definition) is 6. The largest absolute Gasteiger partial charge is 0.462 e. The second kappa shape index (κ2) is 48.8. The first-order valence-corrected chi connectivity index (χ1v) is 25.3. The zero-order chi connectivity index (χ0) is 43.7. The molecule has 0 radical (unpaired) electrons. The van der Waals surface area contributed by atoms with Crippen molar-refractivity contribution in [1.29, 1.82) is 0 Å². The predicted molar refractivity (Wildman–Crippen MR) is 256 cm³/mol. The normalized spacial score (nSPS) is 12.5. The van der Waals surface area contributed by atoms with Gasteiger partial charge in [-0.2, -0.15) is 0 Å². The van der Waals surface area contributed by atoms with Gasteiger partial charge in [0.2, 0.25) is 0 Å². The van der Waals surface area contributed by atoms with E-state index in [1.165, 1.54) is 122 Å². The lowest BCUT2D eigenvalue weighted by molar-refractivity contribution is -0.167. The minimum absolute atomic E-state index is 0.0955. The van der Waals surface area contributed by atoms with Crippen LogP contribution in [0.4, 0.5) is 0 Å². The maximum atomic E-state index is 12.8. The summed E-state index contributed by atoms with van der Waals surface area (Å²) in [5, 5.41) is 0. The molecule has 1 atom stereocenters. The summed E-state index contributed by atoms with van der Waals surface area (Å²) in [7, 11) is 0. The molecule has 0 rings (SSSR count). The van der Waals surface area contributed by atoms with Crippen LogP contribution in [0.1, 0.15) is 245 Å². The van der Waals surface area contributed by atoms with Crippen molar-refractivity contribution in [2.24, 2.45) is 0 Å². The summed E-state index contributed by atoms with van der Waals surface area (Å²) in [4.78, 5) is 37.9. The van der Waals surface area contributed by atoms with Gasteiger partial charge in [0, 0.05) is 19.3 Å². The first-order chi connectivity index (χ1) is 29.5. The van der Waals surface area contributed by atoms with Gasteiger partial charge < -0.3 is 14.2 Å². The number of carbonyl (C=O) groups is 3. The third kappa shape index (κ3) is 46.2. The van der Waals surface area contributed by atoms with Crippen LogP contribution in [0.5, 0.6) is 0 Å². The fourth-order valence-corrected chi connectivity index (χ4v) is 6.90. The Morgan fingerprint density at radius 1 is 0.333 bits per heavy atom. The Morgan fingerprint density at radius 2 is 0.617 bits per heavy atom. The van der Waals surface area contributed by atoms with Gasteiger partial charge in [-0.1, -0.05) is 204 Å². The zero-order valence-corrected chi connectivity index (χ0v) is 39.5. The summed E-state index contributed by atoms with van der Waals surface area (Å²) in [6.45, 7) is 6.54. The van der Waals surface area contributed by atoms with Crippen molar-refractivity contribution in [1.82, 2.24) is 0 Å². The van der Waals surface area contributed by atoms with E-state index in [1.807, 2.05) is 0 Å². The molecule has 0 spiro atoms. The molecule has 0 bridgehead atoms. The molecule has 0 aliphatic rings. The maximum Gasteiger partial charge on any atom is 0.306 e. The fraction of sp³-hybridized carbons (Fsp3) is 0.759. The Bertz CT molecular complexity index is 1100. The molecule has 6 nitrogen and oxygen atoms in total. The van der Waals surface area contributed by atoms with Crippen LogP contribution in [0.15, 0.2) is 60.8 Å². The molecule has 0 saturated heterocycles. The molecule has 0 saturated carbocycles. The summed E-state index contributed by atoms with van der Waals surface area (Å²) >= 11 is 0. The minimum atomic E-state index is -0.800. The van der Waals surface area contributed by atoms with Crippen LogP contribution in [-0.4, -0.2) is 37.2 Å². The number of carbonyl (C=O) groups excluding carboxylic acids is 3. The number of hydrogen-bond donors (Lipinski definition) is 0. The highest BCUT2D eigenvalue weighted by Gasteiger charge is 2.19. The number of rotatable bonds is 45. The molecule has 0 N–H and O–H groups in total. The Hall–Kier alpha value is -2.89. The van der Waals surface area contributed by atoms with Crippen molar-refractivity contribution in [3.8, 4) is 0 Å². The summed E-state index contributed by atoms with van der Waals surface area (Å²) in [6.07, 6.45) is 59.2. The third-order valence-electron chi connectivity index (χ3n) is 10.7. The molecule has 0 aromatic rings. The number of unbranched alkanes of at least 4 members (excludes halogenated alkanes) is 24. The summed E-state index contributed by atoms with van der Waals surface area (Å²) < 4.78 is 16.7. The first kappa shape index (κ1) is 57.1. The van der Waals surface area contributed by atoms with E-state index in [9.17, 15) is 14.4 Å². The number of ether oxygens (including phenoxy) is 3. The van der Waals surface area contributed by atoms with E-state index >= 15 is 0 Å². The molecule has 346 valence electrons. The topological polar surface area (TPSA) is 78.9 Å². The second-order valence-corrected chi connectivity index (χ2v) is 16.7. The number of allylic oxidation sites excluding steroid dienone is 10. The quantitative estimate of drug-likeness (QED) is 0.0263. The molecule has 0 heterocycles. The van der Waals surface area contributed by atoms with Crippen molar-refractivity contribution in [3.63, 3.8) is 0 Å². The maximum absolute atomic E-state index is 12.8. The lowest BCUT2D eigenvalue weighted by Crippen LogP contribution is -2.30. The van der Waals surface area contributed by atoms with Gasteiger partial charge in [0.05, 0.1) is 0 Å². The van der Waals surface area contributed by atoms with Gasteiger partial charge in [0.15, 0.2) is 6.10 Å². The van der Waals surface area contributed by atoms with Crippen LogP contribution in [0.3, 0.4) is 0 Å². The first-order valence-electron chi connectivity index (χ1n) is 25.3. The van der Waals surface area contributed by atoms with Crippen LogP contribution < -0.4 is 0 Å². The van der Waals surface area contributed by atoms with E-state index in [0.29, 0.717) is 19.3 Å². The van der Waals surface area contributed by atoms with E-state index in [0.717, 1.165) is 77.0 Å². The van der Waals surface area contributed by atoms with E-state index in [4.69, 9.17) is 14.2 Å². The van der Waals surface area contributed by atoms with Crippen LogP contribution in [0.25, 0.3) is 0 Å². The van der Waals surface area contributed by atoms with Crippen molar-refractivity contribution in [3.05, 3.63) is 60.8 Å². The lowest BCUT2D eigenvalue weighted by Gasteiger charge is -2.18. The van der Waals surface area contributed by atoms with Crippen LogP contribution in [0, 0.1) is 0 Å². The van der Waals surface area contributed by atoms with Gasteiger partial charge in [0.25, 0.3) is 0 Å². The average molecular weight is 839 g/mol. The Morgan fingerprint density at radius 3 is 1.07 bits per heavy atom. The van der Waals surface area contributed by atoms with Gasteiger partial charge in [-0.3, -0.25) is 14.4 Å². The lowest BCUT2D eigenvalue weighted by atomic mass is 10.0. The van der Waals surface area contributed by atoms with Crippen molar-refractivity contribution in [2.45, 2.75) is 252 Å². The highest BCUT2D eigenvalue weighted by molar-refractivity contribution is 5.71. The molecular formula is C54H94O6. The summed E-state index contributed by atoms with van der Waals surface area (Å²) in [6, 6.07) is 0. The Labute approximate surface area is 370 Å². The molecule has 1 unspecified atom stereocenters. The molecular weight excluding hydrogens is 745 g/mol. The van der Waals surface area contributed by atoms with Gasteiger partial charge in [-0.25, -0.2) is 0 Å². The molecule has 0 fully saturated rings. The predicted octanol–water partition coefficient (Wildman–Crippen LogP) is 16.5. The standard InChI is InChI=1S/C54H94O6/c1-4-7-10-13-16-19-22-25-26-27-28-30-32-35-38-41-44-47-53(56)59-50-51(49-58-52(55)46-43-40-37-34-31-24-21-18-15-12-9-6-3)60-54(57)48-45-42-39-36-33-29-23-20-17-14-11-8-5-2/h16,19,25-26,28-30,33,35,38,51H,4-15,17-18,20-24,27,31-32,34,36-37,39-50H2,1-3H3/b19-16-,26-25-,30-28-,33-29-,38-35-. The smallest absolute Gasteiger partial charge is 0.306 e. The summed E-state index contributed by atoms with van der Waals surface area (Å²) in [5.74, 6) is -0.968. The zero-order valence-electron chi connectivity index (χ0n) is 39.5. The molecule has 0 aromatic carbocycles. The van der Waals surface area contributed by atoms with Crippen LogP contribution >= 0.6 is 0 Å². The van der Waals surface area contributed by atoms with E-state index in [1.54, 1.807) is 0 Å². The molecule has 6 heteroatoms. The fourth-order valence-electron chi connectivity index (χ4n) is 6.90. The molecule has 0 aliphatic carbocycles. The minimum Gasteiger partial charge on any atom is -0.462 e. The highest BCUT2D eigenvalue weighted by Crippen LogP contribution is 2.14. The molecule has 0 aromatic heterocycles. The average Bonchev–Trinajstić information content (AvgIpc) is 3.24. The van der Waals surface area contributed by atoms with E-state index < -0.39 is 6.10 Å². The van der Waals surface area contributed by atoms with Crippen molar-refractivity contribution < 1.29 is 28.6 Å². The van der Waals surface area contributed by atoms with Crippen molar-refractivity contribution >= 4 is 17.9 Å². The highest BCUT2D eigenvalue weighted by atomic mass is 16.6. The molecule has 0 aliphatic heterocycles. The van der Waals surface area contributed by atoms with E-state index in [-0.39, 0.29) is 37.5 Å². The van der Waals surface area contributed by atoms with Gasteiger partial charge in [-0.15, -0.1) is 0 Å². The van der Waals surface area contributed by atoms with Gasteiger partial charge in [-0.05, 0) is 83.5 Å². The molecule has 0 amide bonds. The Kier molecular flexibility index (Phi) is 46.4. The third-order valence-corrected chi connectivity index (χ3v) is 10.7. The Balaban J connectivity index is 4.47. The van der Waals surface area contributed by atoms with Gasteiger partial charge in [0.1, 0.15) is 13.2 Å². The SMILES string of the molecule is CCCCC/C=C\C/C=C\C/C=C\C/C=C\CCCC(=O)OCC(COC(=O)CCCCCCCCCCCCCC)OC(=O)CCCCC/C=C\CCCCCCCC. The summed E-state index contributed by atoms with van der Waals surface area (Å²) in [5.41, 5.74) is 0. The monoisotopic (exact) mass is 839 g/mol. The van der Waals surface area contributed by atoms with Gasteiger partial charge >= 0.3 is 17.9 Å². The molecule has 60 heavy (non-hydrogen) atoms. The number of esters is 3. The van der Waals surface area contributed by atoms with Crippen molar-refractivity contribution in [2.75, 3.05) is 13.2 Å². The van der Waals surface area contributed by atoms with E-state index in [2.05, 4.69) is 81.5 Å².